The Kier molecular flexibility index (Phi) is 16.4. The Bertz CT molecular complexity index is 620. The smallest absolute Gasteiger partial charge is 0.418 e. The Hall–Kier alpha value is -2.65. The van der Waals surface area contributed by atoms with Crippen LogP contribution in [0.3, 0.4) is 0 Å². The van der Waals surface area contributed by atoms with Crippen LogP contribution in [0.1, 0.15) is 92.4 Å². The van der Waals surface area contributed by atoms with E-state index >= 15 is 0 Å². The molecular weight excluding hydrogens is 460 g/mol. The van der Waals surface area contributed by atoms with E-state index in [1.165, 1.54) is 6.47 Å². The second-order valence-electron chi connectivity index (χ2n) is 8.39. The summed E-state index contributed by atoms with van der Waals surface area (Å²) in [5.74, 6) is -4.86. The van der Waals surface area contributed by atoms with Gasteiger partial charge in [-0.15, -0.1) is 0 Å². The first kappa shape index (κ1) is 32.4. The first-order valence-corrected chi connectivity index (χ1v) is 12.4. The summed E-state index contributed by atoms with van der Waals surface area (Å²) in [5.41, 5.74) is -5.29. The molecular formula is C25H41O10. The largest absolute Gasteiger partial charge is 0.466 e. The maximum Gasteiger partial charge on any atom is 0.418 e. The fourth-order valence-corrected chi connectivity index (χ4v) is 3.14. The van der Waals surface area contributed by atoms with Crippen LogP contribution in [0.25, 0.3) is 0 Å². The van der Waals surface area contributed by atoms with Crippen molar-refractivity contribution in [3.63, 3.8) is 0 Å². The number of rotatable bonds is 20. The van der Waals surface area contributed by atoms with Gasteiger partial charge in [0.15, 0.2) is 5.60 Å². The van der Waals surface area contributed by atoms with E-state index in [1.54, 1.807) is 0 Å². The quantitative estimate of drug-likeness (QED) is 0.105. The van der Waals surface area contributed by atoms with E-state index in [4.69, 9.17) is 23.7 Å². The summed E-state index contributed by atoms with van der Waals surface area (Å²) in [6, 6.07) is 0. The van der Waals surface area contributed by atoms with Crippen LogP contribution < -0.4 is 0 Å². The molecule has 1 atom stereocenters. The van der Waals surface area contributed by atoms with Crippen molar-refractivity contribution in [1.29, 1.82) is 0 Å². The number of ether oxygens (including phenoxy) is 5. The molecule has 0 bridgehead atoms. The van der Waals surface area contributed by atoms with Gasteiger partial charge < -0.3 is 23.7 Å². The van der Waals surface area contributed by atoms with Crippen LogP contribution in [0.2, 0.25) is 0 Å². The van der Waals surface area contributed by atoms with E-state index in [0.29, 0.717) is 44.9 Å². The van der Waals surface area contributed by atoms with E-state index in [0.717, 1.165) is 13.3 Å². The summed E-state index contributed by atoms with van der Waals surface area (Å²) in [5, 5.41) is 0. The molecule has 0 aliphatic rings. The third-order valence-corrected chi connectivity index (χ3v) is 5.41. The number of unbranched alkanes of at least 4 members (excludes halogenated alkanes) is 4. The lowest BCUT2D eigenvalue weighted by Gasteiger charge is -2.40. The van der Waals surface area contributed by atoms with Gasteiger partial charge >= 0.3 is 30.3 Å². The summed E-state index contributed by atoms with van der Waals surface area (Å²) in [6.45, 7) is 9.51. The highest BCUT2D eigenvalue weighted by molar-refractivity contribution is 6.19. The Morgan fingerprint density at radius 3 is 1.29 bits per heavy atom. The van der Waals surface area contributed by atoms with Gasteiger partial charge in [-0.05, 0) is 32.6 Å². The van der Waals surface area contributed by atoms with Crippen molar-refractivity contribution in [2.24, 2.45) is 5.41 Å². The summed E-state index contributed by atoms with van der Waals surface area (Å²) < 4.78 is 26.0. The molecule has 0 aliphatic heterocycles. The van der Waals surface area contributed by atoms with Crippen LogP contribution in [0.5, 0.6) is 0 Å². The molecule has 0 heterocycles. The second kappa shape index (κ2) is 17.7. The van der Waals surface area contributed by atoms with E-state index in [9.17, 15) is 24.0 Å². The number of hydrogen-bond acceptors (Lipinski definition) is 10. The van der Waals surface area contributed by atoms with Gasteiger partial charge in [0.25, 0.3) is 5.41 Å². The third kappa shape index (κ3) is 9.49. The molecule has 10 nitrogen and oxygen atoms in total. The number of carbonyl (C=O) groups excluding carboxylic acids is 5. The molecule has 0 rings (SSSR count). The lowest BCUT2D eigenvalue weighted by Crippen LogP contribution is -2.64. The van der Waals surface area contributed by atoms with Gasteiger partial charge in [0, 0.05) is 0 Å². The van der Waals surface area contributed by atoms with Crippen molar-refractivity contribution in [3.8, 4) is 0 Å². The molecule has 0 saturated carbocycles. The predicted octanol–water partition coefficient (Wildman–Crippen LogP) is 3.58. The van der Waals surface area contributed by atoms with E-state index in [2.05, 4.69) is 0 Å². The topological polar surface area (TPSA) is 132 Å². The number of carbonyl (C=O) groups is 4. The molecule has 201 valence electrons. The maximum atomic E-state index is 13.5. The Balaban J connectivity index is 6.61. The SMILES string of the molecule is CCCCOC(=O)CC(C)(O[C]=O)C(C(=O)OCCCC)(C(=O)OCCCC)C(=O)OCCCC. The molecule has 10 heteroatoms. The van der Waals surface area contributed by atoms with Crippen molar-refractivity contribution in [2.45, 2.75) is 98.0 Å². The van der Waals surface area contributed by atoms with Crippen molar-refractivity contribution in [2.75, 3.05) is 26.4 Å². The zero-order chi connectivity index (χ0) is 26.7. The highest BCUT2D eigenvalue weighted by Crippen LogP contribution is 2.42. The van der Waals surface area contributed by atoms with E-state index in [-0.39, 0.29) is 26.4 Å². The fourth-order valence-electron chi connectivity index (χ4n) is 3.14. The highest BCUT2D eigenvalue weighted by atomic mass is 16.6. The summed E-state index contributed by atoms with van der Waals surface area (Å²) in [7, 11) is 0. The van der Waals surface area contributed by atoms with Crippen molar-refractivity contribution in [1.82, 2.24) is 0 Å². The van der Waals surface area contributed by atoms with Gasteiger partial charge in [0.2, 0.25) is 0 Å². The van der Waals surface area contributed by atoms with Crippen molar-refractivity contribution >= 4 is 30.3 Å². The van der Waals surface area contributed by atoms with Crippen LogP contribution in [-0.4, -0.2) is 62.4 Å². The molecule has 0 aromatic carbocycles. The molecule has 0 N–H and O–H groups in total. The Morgan fingerprint density at radius 1 is 0.629 bits per heavy atom. The van der Waals surface area contributed by atoms with Crippen LogP contribution >= 0.6 is 0 Å². The summed E-state index contributed by atoms with van der Waals surface area (Å²) in [4.78, 5) is 64.4. The minimum Gasteiger partial charge on any atom is -0.466 e. The zero-order valence-electron chi connectivity index (χ0n) is 21.8. The molecule has 0 aliphatic carbocycles. The minimum atomic E-state index is -2.91. The molecule has 0 amide bonds. The molecule has 0 aromatic rings. The van der Waals surface area contributed by atoms with E-state index in [1.807, 2.05) is 27.7 Å². The summed E-state index contributed by atoms with van der Waals surface area (Å²) >= 11 is 0. The Labute approximate surface area is 208 Å². The molecule has 0 saturated heterocycles. The predicted molar refractivity (Wildman–Crippen MR) is 126 cm³/mol. The molecule has 0 aromatic heterocycles. The number of hydrogen-bond donors (Lipinski definition) is 0. The second-order valence-corrected chi connectivity index (χ2v) is 8.39. The third-order valence-electron chi connectivity index (χ3n) is 5.41. The van der Waals surface area contributed by atoms with Gasteiger partial charge in [-0.3, -0.25) is 19.2 Å². The van der Waals surface area contributed by atoms with Gasteiger partial charge in [0.1, 0.15) is 0 Å². The van der Waals surface area contributed by atoms with Gasteiger partial charge in [0.05, 0.1) is 32.8 Å². The minimum absolute atomic E-state index is 0.0755. The van der Waals surface area contributed by atoms with Crippen LogP contribution in [-0.2, 0) is 47.7 Å². The number of esters is 4. The lowest BCUT2D eigenvalue weighted by atomic mass is 9.70. The standard InChI is InChI=1S/C25H41O10/c1-6-10-14-31-20(27)18-24(5,35-19-26)25(21(28)32-15-11-7-2,22(29)33-16-12-8-3)23(30)34-17-13-9-4/h6-18H2,1-5H3. The van der Waals surface area contributed by atoms with Crippen LogP contribution in [0.4, 0.5) is 0 Å². The van der Waals surface area contributed by atoms with Crippen LogP contribution in [0.15, 0.2) is 0 Å². The molecule has 1 unspecified atom stereocenters. The average molecular weight is 502 g/mol. The van der Waals surface area contributed by atoms with Crippen molar-refractivity contribution < 1.29 is 47.7 Å². The zero-order valence-corrected chi connectivity index (χ0v) is 21.8. The van der Waals surface area contributed by atoms with Gasteiger partial charge in [-0.25, -0.2) is 4.79 Å². The van der Waals surface area contributed by atoms with Crippen molar-refractivity contribution in [3.05, 3.63) is 0 Å². The monoisotopic (exact) mass is 501 g/mol. The summed E-state index contributed by atoms with van der Waals surface area (Å²) in [6.07, 6.45) is 3.89. The van der Waals surface area contributed by atoms with E-state index < -0.39 is 41.3 Å². The Morgan fingerprint density at radius 2 is 0.971 bits per heavy atom. The molecule has 0 fully saturated rings. The first-order valence-electron chi connectivity index (χ1n) is 12.4. The lowest BCUT2D eigenvalue weighted by molar-refractivity contribution is -0.203. The van der Waals surface area contributed by atoms with Gasteiger partial charge in [-0.1, -0.05) is 53.4 Å². The average Bonchev–Trinajstić information content (AvgIpc) is 2.80. The van der Waals surface area contributed by atoms with Gasteiger partial charge in [-0.2, -0.15) is 0 Å². The molecule has 0 spiro atoms. The van der Waals surface area contributed by atoms with Crippen LogP contribution in [0, 0.1) is 5.41 Å². The molecule has 1 radical (unpaired) electrons. The maximum absolute atomic E-state index is 13.5. The first-order chi connectivity index (χ1) is 16.7. The highest BCUT2D eigenvalue weighted by Gasteiger charge is 2.71. The fraction of sp³-hybridized carbons (Fsp3) is 0.800. The molecule has 35 heavy (non-hydrogen) atoms. The normalized spacial score (nSPS) is 12.7.